The van der Waals surface area contributed by atoms with Crippen molar-refractivity contribution in [2.45, 2.75) is 45.2 Å². The number of hydrogen-bond acceptors (Lipinski definition) is 2. The summed E-state index contributed by atoms with van der Waals surface area (Å²) in [5.74, 6) is 0. The van der Waals surface area contributed by atoms with Crippen LogP contribution < -0.4 is 5.73 Å². The van der Waals surface area contributed by atoms with Crippen LogP contribution >= 0.6 is 0 Å². The Morgan fingerprint density at radius 3 is 3.23 bits per heavy atom. The van der Waals surface area contributed by atoms with Gasteiger partial charge in [-0.05, 0) is 38.2 Å². The first-order valence-corrected chi connectivity index (χ1v) is 5.06. The third kappa shape index (κ3) is 1.75. The quantitative estimate of drug-likeness (QED) is 0.739. The fourth-order valence-corrected chi connectivity index (χ4v) is 2.00. The highest BCUT2D eigenvalue weighted by molar-refractivity contribution is 5.20. The van der Waals surface area contributed by atoms with E-state index in [1.54, 1.807) is 0 Å². The number of nitrogens with zero attached hydrogens (tertiary/aromatic N) is 2. The highest BCUT2D eigenvalue weighted by atomic mass is 15.3. The highest BCUT2D eigenvalue weighted by Gasteiger charge is 2.14. The van der Waals surface area contributed by atoms with Crippen molar-refractivity contribution in [3.05, 3.63) is 17.5 Å². The second kappa shape index (κ2) is 3.50. The van der Waals surface area contributed by atoms with Crippen LogP contribution in [0.1, 0.15) is 31.0 Å². The van der Waals surface area contributed by atoms with Crippen molar-refractivity contribution in [2.24, 2.45) is 5.73 Å². The number of aromatic nitrogens is 2. The van der Waals surface area contributed by atoms with Crippen molar-refractivity contribution in [1.82, 2.24) is 9.78 Å². The van der Waals surface area contributed by atoms with Gasteiger partial charge in [0.15, 0.2) is 0 Å². The number of nitrogens with two attached hydrogens (primary N) is 1. The first-order valence-electron chi connectivity index (χ1n) is 5.06. The van der Waals surface area contributed by atoms with Crippen molar-refractivity contribution in [2.75, 3.05) is 0 Å². The molecular weight excluding hydrogens is 162 g/mol. The Hall–Kier alpha value is -0.830. The Kier molecular flexibility index (Phi) is 2.36. The van der Waals surface area contributed by atoms with Crippen molar-refractivity contribution in [1.29, 1.82) is 0 Å². The van der Waals surface area contributed by atoms with Crippen LogP contribution in [0.3, 0.4) is 0 Å². The maximum atomic E-state index is 5.78. The van der Waals surface area contributed by atoms with E-state index in [9.17, 15) is 0 Å². The Morgan fingerprint density at radius 1 is 1.62 bits per heavy atom. The fraction of sp³-hybridized carbons (Fsp3) is 0.700. The molecule has 1 aromatic rings. The largest absolute Gasteiger partial charge is 0.328 e. The van der Waals surface area contributed by atoms with Gasteiger partial charge in [0, 0.05) is 18.3 Å². The zero-order chi connectivity index (χ0) is 9.26. The molecule has 1 atom stereocenters. The molecule has 0 saturated carbocycles. The Balaban J connectivity index is 2.21. The SMILES string of the molecule is CC(N)Cc1cnn2c1CCCC2. The van der Waals surface area contributed by atoms with Gasteiger partial charge < -0.3 is 5.73 Å². The van der Waals surface area contributed by atoms with E-state index in [2.05, 4.69) is 9.78 Å². The molecule has 1 aliphatic rings. The van der Waals surface area contributed by atoms with Gasteiger partial charge >= 0.3 is 0 Å². The van der Waals surface area contributed by atoms with E-state index < -0.39 is 0 Å². The minimum Gasteiger partial charge on any atom is -0.328 e. The van der Waals surface area contributed by atoms with Gasteiger partial charge in [-0.3, -0.25) is 4.68 Å². The third-order valence-corrected chi connectivity index (χ3v) is 2.61. The van der Waals surface area contributed by atoms with E-state index in [0.717, 1.165) is 13.0 Å². The molecule has 1 unspecified atom stereocenters. The van der Waals surface area contributed by atoms with Crippen molar-refractivity contribution < 1.29 is 0 Å². The summed E-state index contributed by atoms with van der Waals surface area (Å²) in [6.45, 7) is 3.14. The first kappa shape index (κ1) is 8.75. The zero-order valence-electron chi connectivity index (χ0n) is 8.16. The van der Waals surface area contributed by atoms with Crippen LogP contribution in [0, 0.1) is 0 Å². The minimum atomic E-state index is 0.246. The Bertz CT molecular complexity index is 288. The maximum Gasteiger partial charge on any atom is 0.0525 e. The topological polar surface area (TPSA) is 43.8 Å². The molecule has 0 bridgehead atoms. The van der Waals surface area contributed by atoms with Crippen LogP contribution in [0.2, 0.25) is 0 Å². The summed E-state index contributed by atoms with van der Waals surface area (Å²) in [5, 5.41) is 4.37. The molecule has 0 aliphatic carbocycles. The molecule has 72 valence electrons. The normalized spacial score (nSPS) is 18.3. The number of rotatable bonds is 2. The number of fused-ring (bicyclic) bond motifs is 1. The molecule has 1 aliphatic heterocycles. The van der Waals surface area contributed by atoms with Crippen LogP contribution in [0.25, 0.3) is 0 Å². The van der Waals surface area contributed by atoms with Gasteiger partial charge in [0.1, 0.15) is 0 Å². The first-order chi connectivity index (χ1) is 6.27. The fourth-order valence-electron chi connectivity index (χ4n) is 2.00. The number of hydrogen-bond donors (Lipinski definition) is 1. The van der Waals surface area contributed by atoms with Crippen LogP contribution in [0.15, 0.2) is 6.20 Å². The third-order valence-electron chi connectivity index (χ3n) is 2.61. The van der Waals surface area contributed by atoms with Gasteiger partial charge in [-0.1, -0.05) is 0 Å². The molecule has 0 saturated heterocycles. The molecule has 0 fully saturated rings. The lowest BCUT2D eigenvalue weighted by atomic mass is 10.0. The van der Waals surface area contributed by atoms with Crippen LogP contribution in [0.5, 0.6) is 0 Å². The molecule has 3 nitrogen and oxygen atoms in total. The van der Waals surface area contributed by atoms with Gasteiger partial charge in [-0.25, -0.2) is 0 Å². The molecule has 0 radical (unpaired) electrons. The van der Waals surface area contributed by atoms with Crippen molar-refractivity contribution in [3.63, 3.8) is 0 Å². The summed E-state index contributed by atoms with van der Waals surface area (Å²) < 4.78 is 2.14. The molecule has 0 aromatic carbocycles. The van der Waals surface area contributed by atoms with E-state index in [0.29, 0.717) is 0 Å². The van der Waals surface area contributed by atoms with Gasteiger partial charge in [0.05, 0.1) is 6.20 Å². The summed E-state index contributed by atoms with van der Waals surface area (Å²) in [4.78, 5) is 0. The monoisotopic (exact) mass is 179 g/mol. The molecule has 2 heterocycles. The maximum absolute atomic E-state index is 5.78. The smallest absolute Gasteiger partial charge is 0.0525 e. The van der Waals surface area contributed by atoms with Crippen molar-refractivity contribution >= 4 is 0 Å². The van der Waals surface area contributed by atoms with Crippen molar-refractivity contribution in [3.8, 4) is 0 Å². The molecule has 0 amide bonds. The van der Waals surface area contributed by atoms with E-state index in [1.807, 2.05) is 13.1 Å². The summed E-state index contributed by atoms with van der Waals surface area (Å²) in [6.07, 6.45) is 6.71. The minimum absolute atomic E-state index is 0.246. The summed E-state index contributed by atoms with van der Waals surface area (Å²) in [6, 6.07) is 0.246. The van der Waals surface area contributed by atoms with Crippen LogP contribution in [-0.2, 0) is 19.4 Å². The average Bonchev–Trinajstić information content (AvgIpc) is 2.48. The lowest BCUT2D eigenvalue weighted by Crippen LogP contribution is -2.19. The summed E-state index contributed by atoms with van der Waals surface area (Å²) >= 11 is 0. The zero-order valence-corrected chi connectivity index (χ0v) is 8.16. The lowest BCUT2D eigenvalue weighted by Gasteiger charge is -2.15. The summed E-state index contributed by atoms with van der Waals surface area (Å²) in [5.41, 5.74) is 8.56. The van der Waals surface area contributed by atoms with Crippen LogP contribution in [0.4, 0.5) is 0 Å². The van der Waals surface area contributed by atoms with E-state index in [4.69, 9.17) is 5.73 Å². The number of aryl methyl sites for hydroxylation is 1. The standard InChI is InChI=1S/C10H17N3/c1-8(11)6-9-7-12-13-5-3-2-4-10(9)13/h7-8H,2-6,11H2,1H3. The average molecular weight is 179 g/mol. The second-order valence-electron chi connectivity index (χ2n) is 3.98. The molecule has 0 spiro atoms. The predicted octanol–water partition coefficient (Wildman–Crippen LogP) is 1.11. The molecule has 2 rings (SSSR count). The molecule has 3 heteroatoms. The molecular formula is C10H17N3. The molecule has 13 heavy (non-hydrogen) atoms. The van der Waals surface area contributed by atoms with E-state index in [-0.39, 0.29) is 6.04 Å². The van der Waals surface area contributed by atoms with Gasteiger partial charge in [0.2, 0.25) is 0 Å². The summed E-state index contributed by atoms with van der Waals surface area (Å²) in [7, 11) is 0. The Labute approximate surface area is 78.9 Å². The van der Waals surface area contributed by atoms with Gasteiger partial charge in [0.25, 0.3) is 0 Å². The van der Waals surface area contributed by atoms with E-state index in [1.165, 1.54) is 30.5 Å². The highest BCUT2D eigenvalue weighted by Crippen LogP contribution is 2.18. The lowest BCUT2D eigenvalue weighted by molar-refractivity contribution is 0.483. The van der Waals surface area contributed by atoms with Gasteiger partial charge in [-0.15, -0.1) is 0 Å². The predicted molar refractivity (Wildman–Crippen MR) is 52.5 cm³/mol. The molecule has 2 N–H and O–H groups in total. The van der Waals surface area contributed by atoms with E-state index >= 15 is 0 Å². The molecule has 1 aromatic heterocycles. The Morgan fingerprint density at radius 2 is 2.46 bits per heavy atom. The van der Waals surface area contributed by atoms with Crippen LogP contribution in [-0.4, -0.2) is 15.8 Å². The van der Waals surface area contributed by atoms with Gasteiger partial charge in [-0.2, -0.15) is 5.10 Å². The second-order valence-corrected chi connectivity index (χ2v) is 3.98.